The number of nitrogens with zero attached hydrogens (tertiary/aromatic N) is 4. The minimum atomic E-state index is -0.149. The van der Waals surface area contributed by atoms with Crippen molar-refractivity contribution in [1.29, 1.82) is 0 Å². The minimum absolute atomic E-state index is 0.149. The van der Waals surface area contributed by atoms with Crippen LogP contribution in [0.5, 0.6) is 0 Å². The van der Waals surface area contributed by atoms with E-state index in [9.17, 15) is 4.79 Å². The summed E-state index contributed by atoms with van der Waals surface area (Å²) in [7, 11) is 3.57. The monoisotopic (exact) mass is 339 g/mol. The molecule has 0 atom stereocenters. The topological polar surface area (TPSA) is 64.7 Å². The number of aromatic nitrogens is 4. The highest BCUT2D eigenvalue weighted by molar-refractivity contribution is 9.10. The van der Waals surface area contributed by atoms with Gasteiger partial charge in [0, 0.05) is 26.3 Å². The van der Waals surface area contributed by atoms with E-state index in [-0.39, 0.29) is 5.56 Å². The van der Waals surface area contributed by atoms with Crippen LogP contribution in [0.2, 0.25) is 0 Å². The normalized spacial score (nSPS) is 10.8. The summed E-state index contributed by atoms with van der Waals surface area (Å²) < 4.78 is 3.69. The van der Waals surface area contributed by atoms with Gasteiger partial charge in [-0.1, -0.05) is 0 Å². The molecule has 0 fully saturated rings. The quantitative estimate of drug-likeness (QED) is 0.917. The summed E-state index contributed by atoms with van der Waals surface area (Å²) in [6.07, 6.45) is 2.50. The van der Waals surface area contributed by atoms with Gasteiger partial charge in [-0.25, -0.2) is 4.68 Å². The Hall–Kier alpha value is -1.63. The third-order valence-electron chi connectivity index (χ3n) is 3.43. The molecule has 0 bridgehead atoms. The molecule has 6 nitrogen and oxygen atoms in total. The molecule has 0 aliphatic carbocycles. The van der Waals surface area contributed by atoms with Crippen LogP contribution in [0, 0.1) is 13.8 Å². The second kappa shape index (κ2) is 5.78. The molecular weight excluding hydrogens is 322 g/mol. The Balaban J connectivity index is 2.07. The zero-order valence-electron chi connectivity index (χ0n) is 12.1. The highest BCUT2D eigenvalue weighted by Crippen LogP contribution is 2.17. The third-order valence-corrected chi connectivity index (χ3v) is 4.19. The van der Waals surface area contributed by atoms with Crippen LogP contribution in [0.15, 0.2) is 15.5 Å². The number of rotatable bonds is 4. The second-order valence-corrected chi connectivity index (χ2v) is 5.54. The van der Waals surface area contributed by atoms with Crippen LogP contribution in [0.4, 0.5) is 5.69 Å². The van der Waals surface area contributed by atoms with Crippen molar-refractivity contribution in [3.63, 3.8) is 0 Å². The number of hydrogen-bond donors (Lipinski definition) is 1. The lowest BCUT2D eigenvalue weighted by molar-refractivity contribution is 0.703. The standard InChI is InChI=1S/C13H18BrN5O/c1-8-10(9(2)18(3)17-8)5-6-15-11-7-16-19(4)13(20)12(11)14/h7,15H,5-6H2,1-4H3. The molecule has 7 heteroatoms. The zero-order chi connectivity index (χ0) is 14.9. The number of nitrogens with one attached hydrogen (secondary N) is 1. The van der Waals surface area contributed by atoms with E-state index in [2.05, 4.69) is 38.4 Å². The molecule has 0 radical (unpaired) electrons. The summed E-state index contributed by atoms with van der Waals surface area (Å²) in [6, 6.07) is 0. The molecule has 0 saturated heterocycles. The van der Waals surface area contributed by atoms with Crippen LogP contribution in [-0.4, -0.2) is 26.1 Å². The average molecular weight is 340 g/mol. The predicted octanol–water partition coefficient (Wildman–Crippen LogP) is 1.55. The Morgan fingerprint density at radius 2 is 2.00 bits per heavy atom. The maximum Gasteiger partial charge on any atom is 0.282 e. The lowest BCUT2D eigenvalue weighted by Gasteiger charge is -2.09. The fourth-order valence-electron chi connectivity index (χ4n) is 2.14. The molecule has 2 aromatic rings. The van der Waals surface area contributed by atoms with Gasteiger partial charge in [0.05, 0.1) is 17.6 Å². The fourth-order valence-corrected chi connectivity index (χ4v) is 2.63. The van der Waals surface area contributed by atoms with Crippen LogP contribution in [0.3, 0.4) is 0 Å². The van der Waals surface area contributed by atoms with E-state index in [1.807, 2.05) is 18.7 Å². The Kier molecular flexibility index (Phi) is 4.27. The summed E-state index contributed by atoms with van der Waals surface area (Å²) in [5.74, 6) is 0. The van der Waals surface area contributed by atoms with Crippen molar-refractivity contribution in [2.75, 3.05) is 11.9 Å². The van der Waals surface area contributed by atoms with Gasteiger partial charge in [-0.15, -0.1) is 0 Å². The molecule has 2 aromatic heterocycles. The molecule has 108 valence electrons. The van der Waals surface area contributed by atoms with E-state index >= 15 is 0 Å². The zero-order valence-corrected chi connectivity index (χ0v) is 13.7. The molecule has 0 amide bonds. The highest BCUT2D eigenvalue weighted by atomic mass is 79.9. The van der Waals surface area contributed by atoms with E-state index in [4.69, 9.17) is 0 Å². The van der Waals surface area contributed by atoms with Crippen LogP contribution in [-0.2, 0) is 20.5 Å². The van der Waals surface area contributed by atoms with Crippen molar-refractivity contribution in [2.24, 2.45) is 14.1 Å². The van der Waals surface area contributed by atoms with Crippen LogP contribution in [0.1, 0.15) is 17.0 Å². The molecule has 0 aromatic carbocycles. The lowest BCUT2D eigenvalue weighted by atomic mass is 10.1. The summed E-state index contributed by atoms with van der Waals surface area (Å²) in [6.45, 7) is 4.80. The van der Waals surface area contributed by atoms with Crippen molar-refractivity contribution in [3.8, 4) is 0 Å². The Morgan fingerprint density at radius 1 is 1.30 bits per heavy atom. The van der Waals surface area contributed by atoms with Gasteiger partial charge in [0.15, 0.2) is 0 Å². The second-order valence-electron chi connectivity index (χ2n) is 4.75. The maximum absolute atomic E-state index is 11.7. The number of aryl methyl sites for hydroxylation is 3. The highest BCUT2D eigenvalue weighted by Gasteiger charge is 2.10. The molecule has 2 heterocycles. The molecule has 0 saturated carbocycles. The number of anilines is 1. The molecule has 0 aliphatic heterocycles. The van der Waals surface area contributed by atoms with Crippen molar-refractivity contribution in [1.82, 2.24) is 19.6 Å². The van der Waals surface area contributed by atoms with Gasteiger partial charge in [0.1, 0.15) is 4.47 Å². The van der Waals surface area contributed by atoms with Gasteiger partial charge in [0.25, 0.3) is 5.56 Å². The number of halogens is 1. The van der Waals surface area contributed by atoms with E-state index in [0.29, 0.717) is 10.2 Å². The molecule has 0 spiro atoms. The molecule has 2 rings (SSSR count). The van der Waals surface area contributed by atoms with E-state index in [0.717, 1.165) is 18.7 Å². The van der Waals surface area contributed by atoms with Crippen molar-refractivity contribution in [3.05, 3.63) is 38.0 Å². The first kappa shape index (κ1) is 14.8. The molecular formula is C13H18BrN5O. The molecule has 20 heavy (non-hydrogen) atoms. The van der Waals surface area contributed by atoms with Gasteiger partial charge in [0.2, 0.25) is 0 Å². The maximum atomic E-state index is 11.7. The summed E-state index contributed by atoms with van der Waals surface area (Å²) in [5.41, 5.74) is 4.03. The lowest BCUT2D eigenvalue weighted by Crippen LogP contribution is -2.21. The van der Waals surface area contributed by atoms with Crippen molar-refractivity contribution >= 4 is 21.6 Å². The molecule has 0 aliphatic rings. The van der Waals surface area contributed by atoms with E-state index in [1.165, 1.54) is 15.9 Å². The van der Waals surface area contributed by atoms with Crippen LogP contribution < -0.4 is 10.9 Å². The molecule has 1 N–H and O–H groups in total. The van der Waals surface area contributed by atoms with Crippen LogP contribution in [0.25, 0.3) is 0 Å². The first-order chi connectivity index (χ1) is 9.41. The van der Waals surface area contributed by atoms with Crippen LogP contribution >= 0.6 is 15.9 Å². The van der Waals surface area contributed by atoms with Crippen molar-refractivity contribution in [2.45, 2.75) is 20.3 Å². The average Bonchev–Trinajstić information content (AvgIpc) is 2.65. The Labute approximate surface area is 125 Å². The summed E-state index contributed by atoms with van der Waals surface area (Å²) in [5, 5.41) is 11.6. The predicted molar refractivity (Wildman–Crippen MR) is 82.1 cm³/mol. The third kappa shape index (κ3) is 2.77. The van der Waals surface area contributed by atoms with Gasteiger partial charge >= 0.3 is 0 Å². The fraction of sp³-hybridized carbons (Fsp3) is 0.462. The van der Waals surface area contributed by atoms with Gasteiger partial charge in [-0.3, -0.25) is 9.48 Å². The first-order valence-electron chi connectivity index (χ1n) is 6.36. The smallest absolute Gasteiger partial charge is 0.282 e. The summed E-state index contributed by atoms with van der Waals surface area (Å²) >= 11 is 3.30. The van der Waals surface area contributed by atoms with Gasteiger partial charge in [-0.05, 0) is 41.8 Å². The molecule has 0 unspecified atom stereocenters. The van der Waals surface area contributed by atoms with Gasteiger partial charge in [-0.2, -0.15) is 10.2 Å². The minimum Gasteiger partial charge on any atom is -0.382 e. The van der Waals surface area contributed by atoms with E-state index in [1.54, 1.807) is 13.2 Å². The van der Waals surface area contributed by atoms with E-state index < -0.39 is 0 Å². The first-order valence-corrected chi connectivity index (χ1v) is 7.16. The Morgan fingerprint density at radius 3 is 2.60 bits per heavy atom. The largest absolute Gasteiger partial charge is 0.382 e. The Bertz CT molecular complexity index is 689. The summed E-state index contributed by atoms with van der Waals surface area (Å²) in [4.78, 5) is 11.7. The SMILES string of the molecule is Cc1nn(C)c(C)c1CCNc1cnn(C)c(=O)c1Br. The number of hydrogen-bond acceptors (Lipinski definition) is 4. The van der Waals surface area contributed by atoms with Gasteiger partial charge < -0.3 is 5.32 Å². The van der Waals surface area contributed by atoms with Crippen molar-refractivity contribution < 1.29 is 0 Å².